The van der Waals surface area contributed by atoms with Crippen molar-refractivity contribution in [1.82, 2.24) is 39.6 Å². The number of aliphatic hydroxyl groups excluding tert-OH is 3. The molecule has 1 saturated carbocycles. The molecule has 0 radical (unpaired) electrons. The number of imidazole rings is 1. The van der Waals surface area contributed by atoms with Gasteiger partial charge in [-0.05, 0) is 37.0 Å². The summed E-state index contributed by atoms with van der Waals surface area (Å²) < 4.78 is 1.65. The number of anilines is 3. The van der Waals surface area contributed by atoms with Crippen LogP contribution in [0.3, 0.4) is 0 Å². The van der Waals surface area contributed by atoms with Gasteiger partial charge in [-0.2, -0.15) is 9.97 Å². The van der Waals surface area contributed by atoms with E-state index in [2.05, 4.69) is 25.9 Å². The number of likely N-dealkylation sites (N-methyl/N-ethyl adjacent to an activating group) is 1. The second-order valence-electron chi connectivity index (χ2n) is 12.9. The number of amides is 5. The summed E-state index contributed by atoms with van der Waals surface area (Å²) in [5, 5.41) is 41.8. The molecule has 3 aromatic heterocycles. The number of aliphatic hydroxyl groups is 3. The lowest BCUT2D eigenvalue weighted by molar-refractivity contribution is -0.128. The third-order valence-corrected chi connectivity index (χ3v) is 9.51. The van der Waals surface area contributed by atoms with E-state index in [0.29, 0.717) is 54.5 Å². The SMILES string of the molecule is CN1CC(=O)N([C@H]2C[C@@H](n3cnc4c(N[C@H](CO)Cc5ccccc5)nc(N5CC[C@@H](NC(=O)Nc6cccnc6)C5)nc43)[C@H](O)[C@@H]2O)C1=O. The number of nitrogens with zero attached hydrogens (tertiary/aromatic N) is 8. The number of urea groups is 2. The standard InChI is InChI=1S/C33H39N11O6/c1-41-16-25(46)44(33(41)50)24-13-23(27(47)28(24)48)43-18-35-26-29(36-22(17-45)12-19-6-3-2-4-7-19)39-31(40-30(26)43)42-11-9-21(15-42)38-32(49)37-20-8-5-10-34-14-20/h2-8,10,14,18,21-24,27-28,45,47-48H,9,11-13,15-17H2,1H3,(H,36,39,40)(H2,37,38,49)/t21-,22+,23-,24+,27+,28-/m1/s1. The first-order valence-electron chi connectivity index (χ1n) is 16.5. The molecule has 0 spiro atoms. The fourth-order valence-corrected chi connectivity index (χ4v) is 6.97. The predicted molar refractivity (Wildman–Crippen MR) is 181 cm³/mol. The van der Waals surface area contributed by atoms with Crippen molar-refractivity contribution in [1.29, 1.82) is 0 Å². The lowest BCUT2D eigenvalue weighted by Gasteiger charge is -2.24. The zero-order valence-electron chi connectivity index (χ0n) is 27.3. The monoisotopic (exact) mass is 685 g/mol. The second kappa shape index (κ2) is 13.9. The maximum Gasteiger partial charge on any atom is 0.327 e. The third kappa shape index (κ3) is 6.49. The molecule has 17 heteroatoms. The van der Waals surface area contributed by atoms with Gasteiger partial charge < -0.3 is 45.6 Å². The van der Waals surface area contributed by atoms with Crippen LogP contribution in [-0.4, -0.2) is 131 Å². The molecule has 17 nitrogen and oxygen atoms in total. The molecule has 7 rings (SSSR count). The summed E-state index contributed by atoms with van der Waals surface area (Å²) in [6, 6.07) is 9.95. The topological polar surface area (TPSA) is 214 Å². The number of hydrogen-bond acceptors (Lipinski definition) is 12. The van der Waals surface area contributed by atoms with Gasteiger partial charge in [-0.15, -0.1) is 0 Å². The Morgan fingerprint density at radius 2 is 1.86 bits per heavy atom. The quantitative estimate of drug-likeness (QED) is 0.126. The molecule has 3 aliphatic rings. The number of nitrogens with one attached hydrogen (secondary N) is 3. The molecule has 5 heterocycles. The van der Waals surface area contributed by atoms with Crippen molar-refractivity contribution >= 4 is 46.6 Å². The number of fused-ring (bicyclic) bond motifs is 1. The number of carbonyl (C=O) groups excluding carboxylic acids is 3. The Morgan fingerprint density at radius 1 is 1.06 bits per heavy atom. The number of imide groups is 1. The Morgan fingerprint density at radius 3 is 2.58 bits per heavy atom. The van der Waals surface area contributed by atoms with E-state index in [0.717, 1.165) is 10.5 Å². The van der Waals surface area contributed by atoms with E-state index < -0.39 is 42.3 Å². The van der Waals surface area contributed by atoms with Crippen LogP contribution in [0.4, 0.5) is 27.0 Å². The summed E-state index contributed by atoms with van der Waals surface area (Å²) in [6.45, 7) is 0.643. The number of carbonyl (C=O) groups is 3. The highest BCUT2D eigenvalue weighted by Crippen LogP contribution is 2.38. The maximum absolute atomic E-state index is 12.8. The molecule has 1 aromatic carbocycles. The van der Waals surface area contributed by atoms with Crippen LogP contribution in [0.25, 0.3) is 11.2 Å². The number of benzene rings is 1. The van der Waals surface area contributed by atoms with Crippen LogP contribution >= 0.6 is 0 Å². The molecule has 1 aliphatic carbocycles. The molecule has 2 aliphatic heterocycles. The summed E-state index contributed by atoms with van der Waals surface area (Å²) in [5.41, 5.74) is 2.31. The second-order valence-corrected chi connectivity index (χ2v) is 12.9. The molecule has 0 unspecified atom stereocenters. The van der Waals surface area contributed by atoms with Crippen molar-refractivity contribution in [3.8, 4) is 0 Å². The van der Waals surface area contributed by atoms with Crippen molar-refractivity contribution in [2.24, 2.45) is 0 Å². The summed E-state index contributed by atoms with van der Waals surface area (Å²) >= 11 is 0. The average molecular weight is 686 g/mol. The molecule has 6 N–H and O–H groups in total. The maximum atomic E-state index is 12.8. The van der Waals surface area contributed by atoms with E-state index >= 15 is 0 Å². The van der Waals surface area contributed by atoms with Crippen LogP contribution in [0, 0.1) is 0 Å². The van der Waals surface area contributed by atoms with Crippen molar-refractivity contribution in [3.63, 3.8) is 0 Å². The van der Waals surface area contributed by atoms with Crippen molar-refractivity contribution in [3.05, 3.63) is 66.7 Å². The molecular weight excluding hydrogens is 646 g/mol. The molecule has 6 atom stereocenters. The Bertz CT molecular complexity index is 1860. The Kier molecular flexibility index (Phi) is 9.18. The zero-order valence-corrected chi connectivity index (χ0v) is 27.3. The van der Waals surface area contributed by atoms with E-state index in [9.17, 15) is 29.7 Å². The minimum absolute atomic E-state index is 0.0796. The molecule has 5 amide bonds. The predicted octanol–water partition coefficient (Wildman–Crippen LogP) is 0.566. The molecule has 0 bridgehead atoms. The minimum Gasteiger partial charge on any atom is -0.394 e. The number of aromatic nitrogens is 5. The summed E-state index contributed by atoms with van der Waals surface area (Å²) in [5.74, 6) is 0.257. The largest absolute Gasteiger partial charge is 0.394 e. The lowest BCUT2D eigenvalue weighted by Crippen LogP contribution is -2.47. The van der Waals surface area contributed by atoms with Gasteiger partial charge in [0.2, 0.25) is 5.95 Å². The van der Waals surface area contributed by atoms with Gasteiger partial charge in [0.05, 0.1) is 42.9 Å². The smallest absolute Gasteiger partial charge is 0.327 e. The normalized spacial score (nSPS) is 24.3. The Balaban J connectivity index is 1.18. The van der Waals surface area contributed by atoms with Gasteiger partial charge in [0.15, 0.2) is 17.0 Å². The van der Waals surface area contributed by atoms with Gasteiger partial charge in [-0.3, -0.25) is 14.7 Å². The Labute approximate surface area is 287 Å². The van der Waals surface area contributed by atoms with Crippen LogP contribution in [0.2, 0.25) is 0 Å². The fourth-order valence-electron chi connectivity index (χ4n) is 6.97. The average Bonchev–Trinajstić information content (AvgIpc) is 3.88. The highest BCUT2D eigenvalue weighted by atomic mass is 16.3. The molecule has 2 saturated heterocycles. The number of pyridine rings is 1. The lowest BCUT2D eigenvalue weighted by atomic mass is 10.1. The minimum atomic E-state index is -1.39. The van der Waals surface area contributed by atoms with Gasteiger partial charge in [-0.25, -0.2) is 14.6 Å². The highest BCUT2D eigenvalue weighted by molar-refractivity contribution is 6.02. The van der Waals surface area contributed by atoms with Crippen molar-refractivity contribution in [2.45, 2.75) is 55.6 Å². The molecular formula is C33H39N11O6. The first-order chi connectivity index (χ1) is 24.2. The molecule has 4 aromatic rings. The van der Waals surface area contributed by atoms with Crippen LogP contribution in [0.5, 0.6) is 0 Å². The van der Waals surface area contributed by atoms with Gasteiger partial charge in [0.1, 0.15) is 18.8 Å². The van der Waals surface area contributed by atoms with Crippen molar-refractivity contribution in [2.75, 3.05) is 48.8 Å². The van der Waals surface area contributed by atoms with Gasteiger partial charge in [0.25, 0.3) is 5.91 Å². The van der Waals surface area contributed by atoms with Crippen molar-refractivity contribution < 1.29 is 29.7 Å². The first kappa shape index (κ1) is 33.1. The highest BCUT2D eigenvalue weighted by Gasteiger charge is 2.51. The van der Waals surface area contributed by atoms with Crippen LogP contribution < -0.4 is 20.9 Å². The third-order valence-electron chi connectivity index (χ3n) is 9.51. The number of hydrogen-bond donors (Lipinski definition) is 6. The first-order valence-corrected chi connectivity index (χ1v) is 16.5. The van der Waals surface area contributed by atoms with Gasteiger partial charge >= 0.3 is 12.1 Å². The summed E-state index contributed by atoms with van der Waals surface area (Å²) in [7, 11) is 1.51. The molecule has 50 heavy (non-hydrogen) atoms. The Hall–Kier alpha value is -5.39. The molecule has 262 valence electrons. The van der Waals surface area contributed by atoms with Gasteiger partial charge in [-0.1, -0.05) is 30.3 Å². The zero-order chi connectivity index (χ0) is 34.9. The summed E-state index contributed by atoms with van der Waals surface area (Å²) in [6.07, 6.45) is 3.16. The van der Waals surface area contributed by atoms with Crippen LogP contribution in [0.1, 0.15) is 24.4 Å². The van der Waals surface area contributed by atoms with E-state index in [-0.39, 0.29) is 31.6 Å². The fraction of sp³-hybridized carbons (Fsp3) is 0.424. The van der Waals surface area contributed by atoms with E-state index in [1.54, 1.807) is 29.1 Å². The van der Waals surface area contributed by atoms with E-state index in [1.165, 1.54) is 18.3 Å². The number of rotatable bonds is 10. The van der Waals surface area contributed by atoms with Crippen LogP contribution in [-0.2, 0) is 11.2 Å². The van der Waals surface area contributed by atoms with E-state index in [4.69, 9.17) is 9.97 Å². The molecule has 3 fully saturated rings. The summed E-state index contributed by atoms with van der Waals surface area (Å²) in [4.78, 5) is 60.7. The van der Waals surface area contributed by atoms with Crippen LogP contribution in [0.15, 0.2) is 61.2 Å². The van der Waals surface area contributed by atoms with E-state index in [1.807, 2.05) is 35.2 Å². The van der Waals surface area contributed by atoms with Gasteiger partial charge in [0, 0.05) is 32.4 Å².